The molecule has 0 spiro atoms. The lowest BCUT2D eigenvalue weighted by Crippen LogP contribution is -2.62. The summed E-state index contributed by atoms with van der Waals surface area (Å²) in [7, 11) is 1.44. The van der Waals surface area contributed by atoms with Crippen molar-refractivity contribution in [2.75, 3.05) is 7.11 Å². The third-order valence-corrected chi connectivity index (χ3v) is 10.6. The number of carbonyl (C=O) groups is 1. The number of rotatable bonds is 4. The van der Waals surface area contributed by atoms with E-state index in [0.717, 1.165) is 51.4 Å². The van der Waals surface area contributed by atoms with E-state index >= 15 is 0 Å². The Kier molecular flexibility index (Phi) is 6.04. The molecule has 30 heavy (non-hydrogen) atoms. The summed E-state index contributed by atoms with van der Waals surface area (Å²) in [6.45, 7) is 6.85. The Morgan fingerprint density at radius 1 is 1.07 bits per heavy atom. The lowest BCUT2D eigenvalue weighted by molar-refractivity contribution is -0.207. The maximum Gasteiger partial charge on any atom is 0.305 e. The molecule has 5 heteroatoms. The topological polar surface area (TPSA) is 87.0 Å². The van der Waals surface area contributed by atoms with Gasteiger partial charge >= 0.3 is 5.97 Å². The zero-order valence-electron chi connectivity index (χ0n) is 19.2. The molecule has 0 aromatic rings. The van der Waals surface area contributed by atoms with Crippen molar-refractivity contribution in [2.24, 2.45) is 46.3 Å². The minimum atomic E-state index is -0.369. The van der Waals surface area contributed by atoms with E-state index in [1.807, 2.05) is 0 Å². The molecule has 4 aliphatic carbocycles. The van der Waals surface area contributed by atoms with Crippen molar-refractivity contribution in [1.29, 1.82) is 0 Å². The van der Waals surface area contributed by atoms with Crippen LogP contribution in [0.2, 0.25) is 0 Å². The third kappa shape index (κ3) is 3.34. The van der Waals surface area contributed by atoms with Crippen LogP contribution in [0.3, 0.4) is 0 Å². The van der Waals surface area contributed by atoms with Gasteiger partial charge in [-0.2, -0.15) is 0 Å². The fourth-order valence-corrected chi connectivity index (χ4v) is 8.78. The van der Waals surface area contributed by atoms with Crippen LogP contribution in [0.25, 0.3) is 0 Å². The summed E-state index contributed by atoms with van der Waals surface area (Å²) in [6, 6.07) is 0. The van der Waals surface area contributed by atoms with Crippen LogP contribution in [0.1, 0.15) is 78.6 Å². The molecule has 0 amide bonds. The van der Waals surface area contributed by atoms with E-state index in [9.17, 15) is 20.1 Å². The molecule has 3 N–H and O–H groups in total. The Morgan fingerprint density at radius 2 is 1.80 bits per heavy atom. The molecule has 0 aliphatic heterocycles. The van der Waals surface area contributed by atoms with Crippen molar-refractivity contribution in [3.8, 4) is 0 Å². The van der Waals surface area contributed by atoms with Crippen molar-refractivity contribution in [3.63, 3.8) is 0 Å². The first-order valence-electron chi connectivity index (χ1n) is 12.2. The molecule has 0 aromatic carbocycles. The predicted octanol–water partition coefficient (Wildman–Crippen LogP) is 3.54. The molecule has 0 bridgehead atoms. The molecule has 0 aromatic heterocycles. The van der Waals surface area contributed by atoms with Crippen LogP contribution in [-0.2, 0) is 9.53 Å². The van der Waals surface area contributed by atoms with E-state index < -0.39 is 0 Å². The molecule has 4 fully saturated rings. The molecule has 172 valence electrons. The van der Waals surface area contributed by atoms with Gasteiger partial charge in [-0.15, -0.1) is 0 Å². The Bertz CT molecular complexity index is 651. The van der Waals surface area contributed by atoms with E-state index in [-0.39, 0.29) is 41.0 Å². The number of aliphatic hydroxyl groups excluding tert-OH is 3. The first kappa shape index (κ1) is 22.5. The number of aliphatic hydroxyl groups is 3. The highest BCUT2D eigenvalue weighted by Crippen LogP contribution is 2.68. The smallest absolute Gasteiger partial charge is 0.305 e. The van der Waals surface area contributed by atoms with Crippen LogP contribution < -0.4 is 0 Å². The summed E-state index contributed by atoms with van der Waals surface area (Å²) in [5, 5.41) is 33.1. The predicted molar refractivity (Wildman–Crippen MR) is 114 cm³/mol. The molecule has 0 saturated heterocycles. The van der Waals surface area contributed by atoms with Crippen LogP contribution in [-0.4, -0.2) is 46.7 Å². The highest BCUT2D eigenvalue weighted by Gasteiger charge is 2.65. The van der Waals surface area contributed by atoms with Crippen molar-refractivity contribution in [3.05, 3.63) is 0 Å². The second-order valence-corrected chi connectivity index (χ2v) is 11.6. The summed E-state index contributed by atoms with van der Waals surface area (Å²) in [6.07, 6.45) is 6.60. The first-order chi connectivity index (χ1) is 14.1. The summed E-state index contributed by atoms with van der Waals surface area (Å²) < 4.78 is 4.83. The van der Waals surface area contributed by atoms with Gasteiger partial charge in [-0.3, -0.25) is 4.79 Å². The van der Waals surface area contributed by atoms with Crippen LogP contribution in [0.4, 0.5) is 0 Å². The van der Waals surface area contributed by atoms with E-state index in [1.54, 1.807) is 0 Å². The summed E-state index contributed by atoms with van der Waals surface area (Å²) in [4.78, 5) is 11.7. The summed E-state index contributed by atoms with van der Waals surface area (Å²) in [5.41, 5.74) is -0.0882. The van der Waals surface area contributed by atoms with Gasteiger partial charge in [0.05, 0.1) is 25.4 Å². The molecule has 0 unspecified atom stereocenters. The lowest BCUT2D eigenvalue weighted by atomic mass is 9.43. The number of ether oxygens (including phenoxy) is 1. The van der Waals surface area contributed by atoms with Gasteiger partial charge in [0.1, 0.15) is 0 Å². The number of hydrogen-bond acceptors (Lipinski definition) is 5. The fourth-order valence-electron chi connectivity index (χ4n) is 8.78. The molecule has 0 radical (unpaired) electrons. The number of methoxy groups -OCH3 is 1. The van der Waals surface area contributed by atoms with Gasteiger partial charge in [-0.25, -0.2) is 0 Å². The molecule has 4 rings (SSSR count). The average Bonchev–Trinajstić information content (AvgIpc) is 3.06. The second kappa shape index (κ2) is 8.04. The quantitative estimate of drug-likeness (QED) is 0.603. The van der Waals surface area contributed by atoms with Crippen LogP contribution in [0, 0.1) is 46.3 Å². The van der Waals surface area contributed by atoms with Crippen molar-refractivity contribution >= 4 is 5.97 Å². The number of fused-ring (bicyclic) bond motifs is 5. The fraction of sp³-hybridized carbons (Fsp3) is 0.960. The second-order valence-electron chi connectivity index (χ2n) is 11.6. The molecule has 4 aliphatic rings. The Balaban J connectivity index is 1.58. The maximum atomic E-state index is 11.7. The zero-order chi connectivity index (χ0) is 21.8. The van der Waals surface area contributed by atoms with Gasteiger partial charge in [0, 0.05) is 6.42 Å². The highest BCUT2D eigenvalue weighted by atomic mass is 16.5. The minimum Gasteiger partial charge on any atom is -0.469 e. The average molecular weight is 423 g/mol. The number of carbonyl (C=O) groups excluding carboxylic acids is 1. The van der Waals surface area contributed by atoms with Crippen LogP contribution in [0.15, 0.2) is 0 Å². The largest absolute Gasteiger partial charge is 0.469 e. The third-order valence-electron chi connectivity index (χ3n) is 10.6. The van der Waals surface area contributed by atoms with E-state index in [4.69, 9.17) is 4.74 Å². The highest BCUT2D eigenvalue weighted by molar-refractivity contribution is 5.69. The summed E-state index contributed by atoms with van der Waals surface area (Å²) in [5.74, 6) is 1.81. The molecule has 4 saturated carbocycles. The zero-order valence-corrected chi connectivity index (χ0v) is 19.2. The lowest BCUT2D eigenvalue weighted by Gasteiger charge is -2.63. The standard InChI is InChI=1S/C25H42O5/c1-14(5-8-22(29)30-4)17-6-7-18-23-19(13-21(28)25(17,18)3)24(2)10-9-16(26)11-15(24)12-20(23)27/h14-21,23,26-28H,5-13H2,1-4H3/t14-,15-,16-,17-,18-,19+,20-,21+,23+,24+,25-/m1/s1. The SMILES string of the molecule is COC(=O)CC[C@@H](C)[C@H]1CC[C@@H]2[C@@H]3[C@H](O)C[C@H]4C[C@H](O)CC[C@]4(C)[C@H]3C[C@H](O)[C@@]21C. The van der Waals surface area contributed by atoms with Crippen LogP contribution >= 0.6 is 0 Å². The monoisotopic (exact) mass is 422 g/mol. The van der Waals surface area contributed by atoms with Crippen LogP contribution in [0.5, 0.6) is 0 Å². The summed E-state index contributed by atoms with van der Waals surface area (Å²) >= 11 is 0. The van der Waals surface area contributed by atoms with Gasteiger partial charge in [0.25, 0.3) is 0 Å². The van der Waals surface area contributed by atoms with Crippen molar-refractivity contribution in [1.82, 2.24) is 0 Å². The molecule has 5 nitrogen and oxygen atoms in total. The van der Waals surface area contributed by atoms with Gasteiger partial charge in [0.15, 0.2) is 0 Å². The first-order valence-corrected chi connectivity index (χ1v) is 12.2. The molecular formula is C25H42O5. The number of hydrogen-bond donors (Lipinski definition) is 3. The Hall–Kier alpha value is -0.650. The maximum absolute atomic E-state index is 11.7. The van der Waals surface area contributed by atoms with E-state index in [2.05, 4.69) is 20.8 Å². The normalized spacial score (nSPS) is 51.4. The molecule has 0 heterocycles. The number of esters is 1. The van der Waals surface area contributed by atoms with Crippen molar-refractivity contribution < 1.29 is 24.9 Å². The molecule has 11 atom stereocenters. The van der Waals surface area contributed by atoms with E-state index in [1.165, 1.54) is 7.11 Å². The van der Waals surface area contributed by atoms with E-state index in [0.29, 0.717) is 36.0 Å². The minimum absolute atomic E-state index is 0.111. The Labute approximate surface area is 181 Å². The molecular weight excluding hydrogens is 380 g/mol. The van der Waals surface area contributed by atoms with Gasteiger partial charge in [0.2, 0.25) is 0 Å². The van der Waals surface area contributed by atoms with Gasteiger partial charge < -0.3 is 20.1 Å². The van der Waals surface area contributed by atoms with Crippen molar-refractivity contribution in [2.45, 2.75) is 96.9 Å². The van der Waals surface area contributed by atoms with Gasteiger partial charge in [-0.1, -0.05) is 20.8 Å². The Morgan fingerprint density at radius 3 is 2.50 bits per heavy atom. The van der Waals surface area contributed by atoms with Gasteiger partial charge in [-0.05, 0) is 97.7 Å².